The van der Waals surface area contributed by atoms with Crippen molar-refractivity contribution in [3.05, 3.63) is 176 Å². The summed E-state index contributed by atoms with van der Waals surface area (Å²) in [6.07, 6.45) is 3.92. The zero-order chi connectivity index (χ0) is 31.6. The Morgan fingerprint density at radius 2 is 1.52 bits per heavy atom. The normalized spacial score (nSPS) is 17.7. The van der Waals surface area contributed by atoms with Crippen LogP contribution in [0.3, 0.4) is 0 Å². The van der Waals surface area contributed by atoms with E-state index in [0.717, 1.165) is 22.3 Å². The summed E-state index contributed by atoms with van der Waals surface area (Å²) in [5, 5.41) is 1.92. The number of hydrogen-bond donors (Lipinski definition) is 0. The Morgan fingerprint density at radius 1 is 0.783 bits per heavy atom. The van der Waals surface area contributed by atoms with Crippen molar-refractivity contribution >= 4 is 12.0 Å². The number of benzene rings is 4. The zero-order valence-corrected chi connectivity index (χ0v) is 24.4. The highest BCUT2D eigenvalue weighted by atomic mass is 19.2. The number of halogens is 3. The van der Waals surface area contributed by atoms with Crippen molar-refractivity contribution in [2.24, 2.45) is 0 Å². The van der Waals surface area contributed by atoms with Gasteiger partial charge in [0.1, 0.15) is 24.6 Å². The van der Waals surface area contributed by atoms with E-state index in [1.165, 1.54) is 36.5 Å². The Morgan fingerprint density at radius 3 is 2.33 bits per heavy atom. The van der Waals surface area contributed by atoms with Crippen molar-refractivity contribution in [3.8, 4) is 5.75 Å². The molecule has 0 fully saturated rings. The minimum atomic E-state index is -1.14. The van der Waals surface area contributed by atoms with Gasteiger partial charge >= 0.3 is 0 Å². The fourth-order valence-electron chi connectivity index (χ4n) is 7.05. The second kappa shape index (κ2) is 10.5. The largest absolute Gasteiger partial charge is 0.482 e. The van der Waals surface area contributed by atoms with E-state index < -0.39 is 34.3 Å². The van der Waals surface area contributed by atoms with E-state index in [9.17, 15) is 18.4 Å². The molecule has 0 saturated heterocycles. The van der Waals surface area contributed by atoms with Crippen molar-refractivity contribution in [3.63, 3.8) is 0 Å². The first-order valence-electron chi connectivity index (χ1n) is 14.9. The molecule has 1 unspecified atom stereocenters. The molecule has 1 aliphatic heterocycles. The number of nitrogens with zero attached hydrogens (tertiary/aromatic N) is 3. The molecule has 1 atom stereocenters. The Hall–Kier alpha value is -5.57. The number of carbonyl (C=O) groups is 1. The monoisotopic (exact) mass is 617 g/mol. The van der Waals surface area contributed by atoms with Crippen LogP contribution in [0.4, 0.5) is 13.2 Å². The predicted molar refractivity (Wildman–Crippen MR) is 166 cm³/mol. The molecule has 0 N–H and O–H groups in total. The number of ether oxygens (including phenoxy) is 1. The van der Waals surface area contributed by atoms with Crippen LogP contribution < -0.4 is 15.2 Å². The van der Waals surface area contributed by atoms with Crippen LogP contribution in [0.5, 0.6) is 5.75 Å². The fraction of sp³-hybridized carbons (Fsp3) is 0.135. The van der Waals surface area contributed by atoms with Gasteiger partial charge in [-0.05, 0) is 69.6 Å². The highest BCUT2D eigenvalue weighted by Gasteiger charge is 2.55. The average molecular weight is 618 g/mol. The minimum absolute atomic E-state index is 0.00549. The van der Waals surface area contributed by atoms with Gasteiger partial charge in [0.15, 0.2) is 23.1 Å². The third-order valence-corrected chi connectivity index (χ3v) is 9.05. The summed E-state index contributed by atoms with van der Waals surface area (Å²) in [4.78, 5) is 29.4. The Bertz CT molecular complexity index is 2130. The molecule has 228 valence electrons. The molecule has 46 heavy (non-hydrogen) atoms. The third-order valence-electron chi connectivity index (χ3n) is 9.05. The number of pyridine rings is 1. The first-order valence-corrected chi connectivity index (χ1v) is 14.9. The van der Waals surface area contributed by atoms with Gasteiger partial charge in [-0.2, -0.15) is 0 Å². The Balaban J connectivity index is 1.35. The molecule has 0 bridgehead atoms. The Labute approximate surface area is 262 Å². The number of hydrogen-bond acceptors (Lipinski definition) is 4. The molecule has 1 aromatic heterocycles. The first-order chi connectivity index (χ1) is 22.3. The second-order valence-electron chi connectivity index (χ2n) is 11.7. The molecule has 9 heteroatoms. The quantitative estimate of drug-likeness (QED) is 0.225. The lowest BCUT2D eigenvalue weighted by Crippen LogP contribution is -2.62. The van der Waals surface area contributed by atoms with Crippen molar-refractivity contribution in [2.75, 3.05) is 11.7 Å². The van der Waals surface area contributed by atoms with E-state index in [4.69, 9.17) is 4.74 Å². The highest BCUT2D eigenvalue weighted by Crippen LogP contribution is 2.56. The smallest absolute Gasteiger partial charge is 0.278 e. The molecule has 0 saturated carbocycles. The van der Waals surface area contributed by atoms with Crippen LogP contribution in [0.25, 0.3) is 6.08 Å². The van der Waals surface area contributed by atoms with Crippen molar-refractivity contribution in [1.29, 1.82) is 0 Å². The summed E-state index contributed by atoms with van der Waals surface area (Å²) in [6.45, 7) is 0.150. The minimum Gasteiger partial charge on any atom is -0.482 e. The number of rotatable bonds is 6. The molecule has 5 aromatic rings. The van der Waals surface area contributed by atoms with Gasteiger partial charge in [0.2, 0.25) is 5.43 Å². The van der Waals surface area contributed by atoms with Gasteiger partial charge in [-0.1, -0.05) is 72.8 Å². The van der Waals surface area contributed by atoms with Crippen LogP contribution in [0.2, 0.25) is 0 Å². The summed E-state index contributed by atoms with van der Waals surface area (Å²) >= 11 is 0. The van der Waals surface area contributed by atoms with E-state index in [0.29, 0.717) is 23.1 Å². The molecule has 2 aliphatic carbocycles. The molecule has 4 aromatic carbocycles. The van der Waals surface area contributed by atoms with Crippen LogP contribution >= 0.6 is 0 Å². The molecular weight excluding hydrogens is 591 g/mol. The van der Waals surface area contributed by atoms with Crippen molar-refractivity contribution in [2.45, 2.75) is 25.1 Å². The van der Waals surface area contributed by atoms with E-state index >= 15 is 4.39 Å². The lowest BCUT2D eigenvalue weighted by atomic mass is 9.83. The third kappa shape index (κ3) is 4.18. The standard InChI is InChI=1S/C37H26F3N3O3/c38-28-12-10-23(11-13-28)20-41-22-43(42-15-14-33(44)35(34(42)36(41)45)46-21-24-6-2-1-3-7-24)37-27(16-25-8-4-5-9-29(25)37)17-26-18-31(39)32(40)19-30(26)37/h1-16,18-19H,17,20-22H2. The molecule has 0 radical (unpaired) electrons. The summed E-state index contributed by atoms with van der Waals surface area (Å²) in [7, 11) is 0. The van der Waals surface area contributed by atoms with Crippen LogP contribution in [-0.4, -0.2) is 22.2 Å². The van der Waals surface area contributed by atoms with Gasteiger partial charge in [-0.3, -0.25) is 19.3 Å². The van der Waals surface area contributed by atoms with Gasteiger partial charge < -0.3 is 9.64 Å². The van der Waals surface area contributed by atoms with Crippen LogP contribution in [0.1, 0.15) is 43.9 Å². The van der Waals surface area contributed by atoms with Gasteiger partial charge in [-0.15, -0.1) is 0 Å². The zero-order valence-electron chi connectivity index (χ0n) is 24.4. The fourth-order valence-corrected chi connectivity index (χ4v) is 7.05. The maximum absolute atomic E-state index is 15.1. The van der Waals surface area contributed by atoms with Crippen LogP contribution in [0.15, 0.2) is 114 Å². The van der Waals surface area contributed by atoms with Gasteiger partial charge in [0.25, 0.3) is 5.91 Å². The number of amides is 1. The number of carbonyl (C=O) groups excluding carboxylic acids is 1. The van der Waals surface area contributed by atoms with E-state index in [2.05, 4.69) is 0 Å². The average Bonchev–Trinajstić information content (AvgIpc) is 3.54. The topological polar surface area (TPSA) is 54.8 Å². The summed E-state index contributed by atoms with van der Waals surface area (Å²) in [6, 6.07) is 26.7. The molecule has 0 spiro atoms. The van der Waals surface area contributed by atoms with Gasteiger partial charge in [0, 0.05) is 18.8 Å². The summed E-state index contributed by atoms with van der Waals surface area (Å²) in [5.41, 5.74) is 3.69. The lowest BCUT2D eigenvalue weighted by Gasteiger charge is -2.49. The van der Waals surface area contributed by atoms with Crippen LogP contribution in [-0.2, 0) is 25.1 Å². The van der Waals surface area contributed by atoms with Crippen molar-refractivity contribution in [1.82, 2.24) is 9.58 Å². The summed E-state index contributed by atoms with van der Waals surface area (Å²) in [5.74, 6) is -2.90. The maximum Gasteiger partial charge on any atom is 0.278 e. The highest BCUT2D eigenvalue weighted by molar-refractivity contribution is 5.96. The molecule has 2 heterocycles. The van der Waals surface area contributed by atoms with Crippen LogP contribution in [0, 0.1) is 17.5 Å². The maximum atomic E-state index is 15.1. The number of aromatic nitrogens is 1. The molecular formula is C37H26F3N3O3. The van der Waals surface area contributed by atoms with Gasteiger partial charge in [-0.25, -0.2) is 13.2 Å². The molecule has 3 aliphatic rings. The second-order valence-corrected chi connectivity index (χ2v) is 11.7. The SMILES string of the molecule is O=C1c2c(OCc3ccccc3)c(=O)ccn2N(C23C(=Cc4ccccc42)Cc2cc(F)c(F)cc23)CN1Cc1ccc(F)cc1. The lowest BCUT2D eigenvalue weighted by molar-refractivity contribution is 0.0649. The summed E-state index contributed by atoms with van der Waals surface area (Å²) < 4.78 is 51.3. The van der Waals surface area contributed by atoms with E-state index in [-0.39, 0.29) is 31.3 Å². The Kier molecular flexibility index (Phi) is 6.39. The molecule has 8 rings (SSSR count). The van der Waals surface area contributed by atoms with Gasteiger partial charge in [0.05, 0.1) is 0 Å². The first kappa shape index (κ1) is 27.9. The molecule has 1 amide bonds. The van der Waals surface area contributed by atoms with Crippen molar-refractivity contribution < 1.29 is 22.7 Å². The number of fused-ring (bicyclic) bond motifs is 6. The predicted octanol–water partition coefficient (Wildman–Crippen LogP) is 6.29. The molecule has 6 nitrogen and oxygen atoms in total. The van der Waals surface area contributed by atoms with E-state index in [1.54, 1.807) is 21.7 Å². The van der Waals surface area contributed by atoms with E-state index in [1.807, 2.05) is 65.7 Å².